The molecule has 39 heavy (non-hydrogen) atoms. The van der Waals surface area contributed by atoms with Crippen molar-refractivity contribution in [1.82, 2.24) is 30.0 Å². The first-order valence-electron chi connectivity index (χ1n) is 12.1. The monoisotopic (exact) mass is 560 g/mol. The van der Waals surface area contributed by atoms with Gasteiger partial charge in [-0.25, -0.2) is 24.0 Å². The topological polar surface area (TPSA) is 93.0 Å². The molecule has 4 aromatic rings. The highest BCUT2D eigenvalue weighted by atomic mass is 35.5. The number of ether oxygens (including phenoxy) is 1. The number of benzene rings is 1. The quantitative estimate of drug-likeness (QED) is 0.300. The maximum Gasteiger partial charge on any atom is 0.333 e. The summed E-state index contributed by atoms with van der Waals surface area (Å²) in [6, 6.07) is 8.32. The molecular weight excluding hydrogens is 533 g/mol. The number of methoxy groups -OCH3 is 1. The van der Waals surface area contributed by atoms with Crippen LogP contribution in [0.2, 0.25) is 0 Å². The van der Waals surface area contributed by atoms with Crippen LogP contribution in [0.15, 0.2) is 55.1 Å². The van der Waals surface area contributed by atoms with Gasteiger partial charge in [-0.2, -0.15) is 13.9 Å². The molecule has 5 rings (SSSR count). The number of likely N-dealkylation sites (N-methyl/N-ethyl adjacent to an activating group) is 1. The van der Waals surface area contributed by atoms with Crippen LogP contribution in [-0.2, 0) is 0 Å². The lowest BCUT2D eigenvalue weighted by molar-refractivity contribution is 0.0566. The minimum atomic E-state index is -2.73. The van der Waals surface area contributed by atoms with Gasteiger partial charge in [-0.3, -0.25) is 0 Å². The van der Waals surface area contributed by atoms with Gasteiger partial charge in [-0.15, -0.1) is 12.4 Å². The Morgan fingerprint density at radius 3 is 2.72 bits per heavy atom. The standard InChI is InChI=1S/C26H27F3N8O.ClH/c1-30-17-5-4-10-36(15-17)20-11-23(32-13-18(20)16-12-33-37(14-16)26(28)29)34-22-8-9-31-25(35-22)24-19(27)6-3-7-21(24)38-2;/h3,6-9,11-14,17,26,30H,4-5,10,15H2,1-2H3,(H,31,32,34,35);1H/t17-;/m0./s1. The fourth-order valence-corrected chi connectivity index (χ4v) is 4.58. The summed E-state index contributed by atoms with van der Waals surface area (Å²) < 4.78 is 46.9. The normalized spacial score (nSPS) is 15.2. The first-order chi connectivity index (χ1) is 18.5. The minimum Gasteiger partial charge on any atom is -0.496 e. The number of halogens is 4. The molecule has 0 unspecified atom stereocenters. The van der Waals surface area contributed by atoms with E-state index in [1.165, 1.54) is 31.8 Å². The van der Waals surface area contributed by atoms with E-state index in [1.807, 2.05) is 13.1 Å². The second kappa shape index (κ2) is 12.3. The zero-order valence-electron chi connectivity index (χ0n) is 21.3. The smallest absolute Gasteiger partial charge is 0.333 e. The van der Waals surface area contributed by atoms with Crippen molar-refractivity contribution >= 4 is 29.7 Å². The first-order valence-corrected chi connectivity index (χ1v) is 12.1. The molecule has 1 aliphatic heterocycles. The van der Waals surface area contributed by atoms with Crippen LogP contribution in [0.3, 0.4) is 0 Å². The molecule has 0 bridgehead atoms. The van der Waals surface area contributed by atoms with Crippen LogP contribution in [0.4, 0.5) is 30.5 Å². The predicted octanol–water partition coefficient (Wildman–Crippen LogP) is 5.30. The predicted molar refractivity (Wildman–Crippen MR) is 146 cm³/mol. The average molecular weight is 561 g/mol. The Balaban J connectivity index is 0.00000353. The van der Waals surface area contributed by atoms with Gasteiger partial charge in [0.1, 0.15) is 23.2 Å². The molecule has 1 saturated heterocycles. The van der Waals surface area contributed by atoms with E-state index in [-0.39, 0.29) is 23.8 Å². The summed E-state index contributed by atoms with van der Waals surface area (Å²) in [7, 11) is 3.39. The van der Waals surface area contributed by atoms with Gasteiger partial charge >= 0.3 is 6.55 Å². The molecule has 1 fully saturated rings. The number of rotatable bonds is 8. The third kappa shape index (κ3) is 6.07. The van der Waals surface area contributed by atoms with Crippen molar-refractivity contribution in [3.05, 3.63) is 60.9 Å². The molecule has 3 aromatic heterocycles. The third-order valence-corrected chi connectivity index (χ3v) is 6.50. The number of pyridine rings is 1. The summed E-state index contributed by atoms with van der Waals surface area (Å²) in [4.78, 5) is 15.4. The second-order valence-corrected chi connectivity index (χ2v) is 8.85. The fourth-order valence-electron chi connectivity index (χ4n) is 4.58. The SMILES string of the molecule is CN[C@H]1CCCN(c2cc(Nc3ccnc(-c4c(F)cccc4OC)n3)ncc2-c2cnn(C(F)F)c2)C1.Cl. The van der Waals surface area contributed by atoms with Gasteiger partial charge in [0.25, 0.3) is 0 Å². The van der Waals surface area contributed by atoms with Crippen LogP contribution in [0, 0.1) is 5.82 Å². The highest BCUT2D eigenvalue weighted by molar-refractivity contribution is 5.85. The van der Waals surface area contributed by atoms with Gasteiger partial charge in [0.05, 0.1) is 18.9 Å². The van der Waals surface area contributed by atoms with E-state index < -0.39 is 12.4 Å². The van der Waals surface area contributed by atoms with Crippen molar-refractivity contribution in [2.24, 2.45) is 0 Å². The number of alkyl halides is 2. The zero-order chi connectivity index (χ0) is 26.6. The minimum absolute atomic E-state index is 0. The van der Waals surface area contributed by atoms with E-state index in [1.54, 1.807) is 24.4 Å². The first kappa shape index (κ1) is 28.1. The average Bonchev–Trinajstić information content (AvgIpc) is 3.44. The molecule has 1 aromatic carbocycles. The molecule has 4 heterocycles. The van der Waals surface area contributed by atoms with Gasteiger partial charge in [-0.1, -0.05) is 6.07 Å². The zero-order valence-corrected chi connectivity index (χ0v) is 22.1. The Hall–Kier alpha value is -3.90. The number of anilines is 3. The number of aromatic nitrogens is 5. The van der Waals surface area contributed by atoms with E-state index >= 15 is 0 Å². The van der Waals surface area contributed by atoms with Gasteiger partial charge in [0, 0.05) is 60.6 Å². The van der Waals surface area contributed by atoms with Crippen molar-refractivity contribution < 1.29 is 17.9 Å². The summed E-state index contributed by atoms with van der Waals surface area (Å²) in [5.74, 6) is 0.875. The molecular formula is C26H28ClF3N8O. The molecule has 0 radical (unpaired) electrons. The molecule has 1 atom stereocenters. The maximum atomic E-state index is 14.6. The van der Waals surface area contributed by atoms with Crippen LogP contribution < -0.4 is 20.3 Å². The van der Waals surface area contributed by atoms with Crippen LogP contribution in [0.1, 0.15) is 19.4 Å². The summed E-state index contributed by atoms with van der Waals surface area (Å²) in [6.07, 6.45) is 7.91. The summed E-state index contributed by atoms with van der Waals surface area (Å²) in [6.45, 7) is -1.17. The van der Waals surface area contributed by atoms with Gasteiger partial charge in [-0.05, 0) is 38.1 Å². The maximum absolute atomic E-state index is 14.6. The van der Waals surface area contributed by atoms with E-state index in [2.05, 4.69) is 35.6 Å². The number of nitrogens with zero attached hydrogens (tertiary/aromatic N) is 6. The fraction of sp³-hybridized carbons (Fsp3) is 0.308. The number of piperidine rings is 1. The van der Waals surface area contributed by atoms with Crippen molar-refractivity contribution in [3.8, 4) is 28.3 Å². The van der Waals surface area contributed by atoms with Crippen molar-refractivity contribution in [3.63, 3.8) is 0 Å². The Labute approximate surface area is 229 Å². The molecule has 0 spiro atoms. The Kier molecular flexibility index (Phi) is 8.87. The van der Waals surface area contributed by atoms with Crippen molar-refractivity contribution in [2.45, 2.75) is 25.4 Å². The van der Waals surface area contributed by atoms with E-state index in [9.17, 15) is 13.2 Å². The van der Waals surface area contributed by atoms with Crippen molar-refractivity contribution in [2.75, 3.05) is 37.5 Å². The summed E-state index contributed by atoms with van der Waals surface area (Å²) in [5, 5.41) is 10.3. The molecule has 9 nitrogen and oxygen atoms in total. The molecule has 2 N–H and O–H groups in total. The number of hydrogen-bond acceptors (Lipinski definition) is 8. The van der Waals surface area contributed by atoms with Crippen LogP contribution in [0.25, 0.3) is 22.5 Å². The highest BCUT2D eigenvalue weighted by Gasteiger charge is 2.23. The summed E-state index contributed by atoms with van der Waals surface area (Å²) in [5.41, 5.74) is 2.23. The van der Waals surface area contributed by atoms with Gasteiger partial charge in [0.15, 0.2) is 5.82 Å². The molecule has 0 aliphatic carbocycles. The van der Waals surface area contributed by atoms with Crippen LogP contribution >= 0.6 is 12.4 Å². The molecule has 0 amide bonds. The molecule has 0 saturated carbocycles. The Bertz CT molecular complexity index is 1420. The number of hydrogen-bond donors (Lipinski definition) is 2. The molecule has 13 heteroatoms. The lowest BCUT2D eigenvalue weighted by Crippen LogP contribution is -2.44. The highest BCUT2D eigenvalue weighted by Crippen LogP contribution is 2.35. The Morgan fingerprint density at radius 1 is 1.13 bits per heavy atom. The van der Waals surface area contributed by atoms with Crippen molar-refractivity contribution in [1.29, 1.82) is 0 Å². The van der Waals surface area contributed by atoms with E-state index in [0.29, 0.717) is 39.2 Å². The summed E-state index contributed by atoms with van der Waals surface area (Å²) >= 11 is 0. The van der Waals surface area contributed by atoms with Gasteiger partial charge < -0.3 is 20.3 Å². The van der Waals surface area contributed by atoms with Gasteiger partial charge in [0.2, 0.25) is 0 Å². The Morgan fingerprint density at radius 2 is 1.97 bits per heavy atom. The largest absolute Gasteiger partial charge is 0.496 e. The number of nitrogens with one attached hydrogen (secondary N) is 2. The second-order valence-electron chi connectivity index (χ2n) is 8.85. The molecule has 206 valence electrons. The molecule has 1 aliphatic rings. The van der Waals surface area contributed by atoms with Crippen LogP contribution in [0.5, 0.6) is 5.75 Å². The van der Waals surface area contributed by atoms with E-state index in [4.69, 9.17) is 4.74 Å². The lowest BCUT2D eigenvalue weighted by atomic mass is 10.0. The van der Waals surface area contributed by atoms with Crippen LogP contribution in [-0.4, -0.2) is 58.0 Å². The lowest BCUT2D eigenvalue weighted by Gasteiger charge is -2.35. The van der Waals surface area contributed by atoms with E-state index in [0.717, 1.165) is 31.6 Å². The third-order valence-electron chi connectivity index (χ3n) is 6.50.